The van der Waals surface area contributed by atoms with E-state index in [2.05, 4.69) is 15.8 Å². The molecule has 0 saturated heterocycles. The molecule has 0 atom stereocenters. The minimum atomic E-state index is -0.306. The first-order valence-corrected chi connectivity index (χ1v) is 9.75. The molecule has 1 aromatic heterocycles. The van der Waals surface area contributed by atoms with Gasteiger partial charge in [-0.15, -0.1) is 0 Å². The van der Waals surface area contributed by atoms with Crippen molar-refractivity contribution in [2.24, 2.45) is 0 Å². The van der Waals surface area contributed by atoms with Crippen molar-refractivity contribution in [3.8, 4) is 11.3 Å². The lowest BCUT2D eigenvalue weighted by molar-refractivity contribution is -0.116. The van der Waals surface area contributed by atoms with E-state index < -0.39 is 0 Å². The zero-order valence-corrected chi connectivity index (χ0v) is 17.0. The van der Waals surface area contributed by atoms with Crippen LogP contribution in [0, 0.1) is 6.92 Å². The van der Waals surface area contributed by atoms with Crippen molar-refractivity contribution in [3.05, 3.63) is 70.4 Å². The number of carbonyl (C=O) groups is 2. The summed E-state index contributed by atoms with van der Waals surface area (Å²) in [5, 5.41) is 10.2. The van der Waals surface area contributed by atoms with Crippen molar-refractivity contribution in [1.82, 2.24) is 10.5 Å². The Balaban J connectivity index is 1.73. The van der Waals surface area contributed by atoms with Crippen LogP contribution >= 0.6 is 11.6 Å². The van der Waals surface area contributed by atoms with Crippen LogP contribution in [0.2, 0.25) is 5.02 Å². The van der Waals surface area contributed by atoms with Crippen LogP contribution in [-0.4, -0.2) is 17.0 Å². The maximum Gasteiger partial charge on any atom is 0.257 e. The van der Waals surface area contributed by atoms with Gasteiger partial charge in [-0.25, -0.2) is 0 Å². The molecule has 2 amide bonds. The van der Waals surface area contributed by atoms with Crippen molar-refractivity contribution in [2.45, 2.75) is 33.2 Å². The van der Waals surface area contributed by atoms with Crippen molar-refractivity contribution in [2.75, 3.05) is 5.32 Å². The van der Waals surface area contributed by atoms with Crippen LogP contribution in [0.3, 0.4) is 0 Å². The van der Waals surface area contributed by atoms with Gasteiger partial charge in [-0.3, -0.25) is 9.59 Å². The zero-order valence-electron chi connectivity index (χ0n) is 16.3. The Labute approximate surface area is 174 Å². The highest BCUT2D eigenvalue weighted by molar-refractivity contribution is 6.33. The Morgan fingerprint density at radius 1 is 1.14 bits per heavy atom. The number of carbonyl (C=O) groups excluding carboxylic acids is 2. The Bertz CT molecular complexity index is 1030. The summed E-state index contributed by atoms with van der Waals surface area (Å²) in [5.41, 5.74) is 2.96. The van der Waals surface area contributed by atoms with E-state index >= 15 is 0 Å². The molecule has 6 nitrogen and oxygen atoms in total. The monoisotopic (exact) mass is 411 g/mol. The van der Waals surface area contributed by atoms with Crippen LogP contribution in [0.15, 0.2) is 53.1 Å². The van der Waals surface area contributed by atoms with Crippen LogP contribution in [0.5, 0.6) is 0 Å². The van der Waals surface area contributed by atoms with Crippen molar-refractivity contribution in [3.63, 3.8) is 0 Å². The molecule has 0 aliphatic carbocycles. The van der Waals surface area contributed by atoms with Gasteiger partial charge < -0.3 is 15.2 Å². The number of hydrogen-bond acceptors (Lipinski definition) is 4. The SMILES string of the molecule is CCCC(=O)Nc1cccc(CNC(=O)c2c(-c3ccccc3Cl)noc2C)c1. The minimum Gasteiger partial charge on any atom is -0.360 e. The molecule has 2 aromatic carbocycles. The van der Waals surface area contributed by atoms with Crippen molar-refractivity contribution in [1.29, 1.82) is 0 Å². The van der Waals surface area contributed by atoms with Crippen LogP contribution in [0.25, 0.3) is 11.3 Å². The summed E-state index contributed by atoms with van der Waals surface area (Å²) in [6.07, 6.45) is 1.26. The van der Waals surface area contributed by atoms with Gasteiger partial charge in [-0.2, -0.15) is 0 Å². The molecule has 3 aromatic rings. The molecule has 0 unspecified atom stereocenters. The lowest BCUT2D eigenvalue weighted by Crippen LogP contribution is -2.23. The van der Waals surface area contributed by atoms with Gasteiger partial charge in [0.1, 0.15) is 17.0 Å². The van der Waals surface area contributed by atoms with Gasteiger partial charge in [0.2, 0.25) is 5.91 Å². The molecule has 29 heavy (non-hydrogen) atoms. The Morgan fingerprint density at radius 3 is 2.69 bits per heavy atom. The van der Waals surface area contributed by atoms with E-state index in [9.17, 15) is 9.59 Å². The predicted octanol–water partition coefficient (Wildman–Crippen LogP) is 4.97. The molecule has 0 spiro atoms. The number of halogens is 1. The number of benzene rings is 2. The highest BCUT2D eigenvalue weighted by Crippen LogP contribution is 2.30. The molecule has 0 radical (unpaired) electrons. The fourth-order valence-electron chi connectivity index (χ4n) is 2.96. The number of nitrogens with zero attached hydrogens (tertiary/aromatic N) is 1. The number of aromatic nitrogens is 1. The van der Waals surface area contributed by atoms with E-state index in [1.54, 1.807) is 19.1 Å². The number of rotatable bonds is 7. The van der Waals surface area contributed by atoms with E-state index in [0.717, 1.165) is 12.0 Å². The quantitative estimate of drug-likeness (QED) is 0.574. The maximum absolute atomic E-state index is 12.8. The molecular weight excluding hydrogens is 390 g/mol. The van der Waals surface area contributed by atoms with Crippen LogP contribution < -0.4 is 10.6 Å². The fourth-order valence-corrected chi connectivity index (χ4v) is 3.18. The smallest absolute Gasteiger partial charge is 0.257 e. The summed E-state index contributed by atoms with van der Waals surface area (Å²) < 4.78 is 5.25. The molecule has 0 bridgehead atoms. The molecule has 0 aliphatic rings. The third-order valence-electron chi connectivity index (χ3n) is 4.36. The first-order valence-electron chi connectivity index (χ1n) is 9.37. The van der Waals surface area contributed by atoms with Gasteiger partial charge in [-0.05, 0) is 37.1 Å². The molecule has 0 fully saturated rings. The normalized spacial score (nSPS) is 10.6. The number of aryl methyl sites for hydroxylation is 1. The summed E-state index contributed by atoms with van der Waals surface area (Å²) in [6, 6.07) is 14.5. The van der Waals surface area contributed by atoms with Gasteiger partial charge >= 0.3 is 0 Å². The van der Waals surface area contributed by atoms with E-state index in [0.29, 0.717) is 46.3 Å². The topological polar surface area (TPSA) is 84.2 Å². The largest absolute Gasteiger partial charge is 0.360 e. The van der Waals surface area contributed by atoms with Crippen LogP contribution in [-0.2, 0) is 11.3 Å². The van der Waals surface area contributed by atoms with E-state index in [1.807, 2.05) is 43.3 Å². The molecule has 1 heterocycles. The van der Waals surface area contributed by atoms with E-state index in [-0.39, 0.29) is 11.8 Å². The molecule has 7 heteroatoms. The summed E-state index contributed by atoms with van der Waals surface area (Å²) >= 11 is 6.25. The highest BCUT2D eigenvalue weighted by atomic mass is 35.5. The number of amides is 2. The lowest BCUT2D eigenvalue weighted by Gasteiger charge is -2.09. The average molecular weight is 412 g/mol. The first-order chi connectivity index (χ1) is 14.0. The summed E-state index contributed by atoms with van der Waals surface area (Å²) in [6.45, 7) is 3.93. The number of hydrogen-bond donors (Lipinski definition) is 2. The van der Waals surface area contributed by atoms with Crippen LogP contribution in [0.4, 0.5) is 5.69 Å². The summed E-state index contributed by atoms with van der Waals surface area (Å²) in [5.74, 6) is 0.0789. The Kier molecular flexibility index (Phi) is 6.67. The van der Waals surface area contributed by atoms with E-state index in [1.165, 1.54) is 0 Å². The molecule has 0 aliphatic heterocycles. The fraction of sp³-hybridized carbons (Fsp3) is 0.227. The van der Waals surface area contributed by atoms with Gasteiger partial charge in [0, 0.05) is 24.2 Å². The molecule has 2 N–H and O–H groups in total. The second-order valence-electron chi connectivity index (χ2n) is 6.62. The zero-order chi connectivity index (χ0) is 20.8. The van der Waals surface area contributed by atoms with Gasteiger partial charge in [-0.1, -0.05) is 54.0 Å². The maximum atomic E-state index is 12.8. The van der Waals surface area contributed by atoms with Crippen molar-refractivity contribution >= 4 is 29.1 Å². The third kappa shape index (κ3) is 5.03. The average Bonchev–Trinajstić information content (AvgIpc) is 3.08. The summed E-state index contributed by atoms with van der Waals surface area (Å²) in [4.78, 5) is 24.6. The third-order valence-corrected chi connectivity index (χ3v) is 4.69. The Morgan fingerprint density at radius 2 is 1.93 bits per heavy atom. The standard InChI is InChI=1S/C22H22ClN3O3/c1-3-7-19(27)25-16-9-6-8-15(12-16)13-24-22(28)20-14(2)29-26-21(20)17-10-4-5-11-18(17)23/h4-6,8-12H,3,7,13H2,1-2H3,(H,24,28)(H,25,27). The van der Waals surface area contributed by atoms with Gasteiger partial charge in [0.05, 0.1) is 5.02 Å². The Hall–Kier alpha value is -3.12. The predicted molar refractivity (Wildman–Crippen MR) is 113 cm³/mol. The molecule has 0 saturated carbocycles. The molecule has 150 valence electrons. The van der Waals surface area contributed by atoms with Gasteiger partial charge in [0.25, 0.3) is 5.91 Å². The number of anilines is 1. The number of nitrogens with one attached hydrogen (secondary N) is 2. The highest BCUT2D eigenvalue weighted by Gasteiger charge is 2.22. The minimum absolute atomic E-state index is 0.0295. The van der Waals surface area contributed by atoms with E-state index in [4.69, 9.17) is 16.1 Å². The first kappa shape index (κ1) is 20.6. The second-order valence-corrected chi connectivity index (χ2v) is 7.03. The van der Waals surface area contributed by atoms with Gasteiger partial charge in [0.15, 0.2) is 0 Å². The van der Waals surface area contributed by atoms with Crippen molar-refractivity contribution < 1.29 is 14.1 Å². The molecular formula is C22H22ClN3O3. The van der Waals surface area contributed by atoms with Crippen LogP contribution in [0.1, 0.15) is 41.4 Å². The molecule has 3 rings (SSSR count). The summed E-state index contributed by atoms with van der Waals surface area (Å²) in [7, 11) is 0. The second kappa shape index (κ2) is 9.39. The lowest BCUT2D eigenvalue weighted by atomic mass is 10.1.